The highest BCUT2D eigenvalue weighted by atomic mass is 16.6. The van der Waals surface area contributed by atoms with Crippen LogP contribution in [0.1, 0.15) is 73.2 Å². The minimum atomic E-state index is -0.549. The number of fused-ring (bicyclic) bond motifs is 3. The fraction of sp³-hybridized carbons (Fsp3) is 0.500. The standard InChI is InChI=1S/C32H42BN3O5/c1-9-14-36(29(37)40-30(2,3)4)18-28-34-17-26(35-28)21-10-12-25-24-13-11-23(15-22(24)19-38-27(25)16-21)33-39-20-31(5,6)32(7,8)41-33/h10-13,15-17H,9,14,18-20H2,1-8H3,(H,34,35). The average molecular weight is 560 g/mol. The van der Waals surface area contributed by atoms with Crippen molar-refractivity contribution in [2.75, 3.05) is 13.2 Å². The first-order valence-corrected chi connectivity index (χ1v) is 14.5. The summed E-state index contributed by atoms with van der Waals surface area (Å²) in [5, 5.41) is 0. The third kappa shape index (κ3) is 6.16. The molecule has 1 aromatic heterocycles. The molecule has 2 aliphatic heterocycles. The van der Waals surface area contributed by atoms with Gasteiger partial charge in [0.15, 0.2) is 0 Å². The minimum absolute atomic E-state index is 0.0696. The number of H-pyrrole nitrogens is 1. The van der Waals surface area contributed by atoms with Gasteiger partial charge >= 0.3 is 13.2 Å². The summed E-state index contributed by atoms with van der Waals surface area (Å²) in [6.45, 7) is 18.3. The third-order valence-corrected chi connectivity index (χ3v) is 8.11. The lowest BCUT2D eigenvalue weighted by Gasteiger charge is -2.47. The molecule has 2 aliphatic rings. The van der Waals surface area contributed by atoms with Gasteiger partial charge in [-0.2, -0.15) is 0 Å². The van der Waals surface area contributed by atoms with E-state index in [9.17, 15) is 4.79 Å². The van der Waals surface area contributed by atoms with E-state index >= 15 is 0 Å². The van der Waals surface area contributed by atoms with Crippen LogP contribution in [-0.4, -0.2) is 52.4 Å². The van der Waals surface area contributed by atoms with Crippen molar-refractivity contribution in [1.82, 2.24) is 14.9 Å². The highest BCUT2D eigenvalue weighted by Gasteiger charge is 2.47. The number of ether oxygens (including phenoxy) is 2. The van der Waals surface area contributed by atoms with E-state index in [1.54, 1.807) is 11.1 Å². The van der Waals surface area contributed by atoms with E-state index < -0.39 is 12.7 Å². The Bertz CT molecular complexity index is 1420. The highest BCUT2D eigenvalue weighted by molar-refractivity contribution is 6.61. The number of hydrogen-bond acceptors (Lipinski definition) is 6. The van der Waals surface area contributed by atoms with Gasteiger partial charge < -0.3 is 28.7 Å². The zero-order chi connectivity index (χ0) is 29.6. The second kappa shape index (κ2) is 10.8. The molecule has 0 bridgehead atoms. The van der Waals surface area contributed by atoms with Crippen molar-refractivity contribution < 1.29 is 23.6 Å². The molecule has 1 saturated heterocycles. The van der Waals surface area contributed by atoms with Crippen molar-refractivity contribution in [2.24, 2.45) is 5.41 Å². The Morgan fingerprint density at radius 2 is 1.88 bits per heavy atom. The van der Waals surface area contributed by atoms with Gasteiger partial charge in [0.25, 0.3) is 0 Å². The van der Waals surface area contributed by atoms with Crippen molar-refractivity contribution in [3.8, 4) is 28.1 Å². The van der Waals surface area contributed by atoms with Crippen LogP contribution in [0.3, 0.4) is 0 Å². The molecule has 0 atom stereocenters. The van der Waals surface area contributed by atoms with Gasteiger partial charge in [-0.1, -0.05) is 45.0 Å². The number of rotatable bonds is 6. The van der Waals surface area contributed by atoms with E-state index in [-0.39, 0.29) is 17.1 Å². The summed E-state index contributed by atoms with van der Waals surface area (Å²) in [7, 11) is -0.398. The Kier molecular flexibility index (Phi) is 7.72. The molecule has 0 radical (unpaired) electrons. The number of imidazole rings is 1. The first kappa shape index (κ1) is 29.2. The van der Waals surface area contributed by atoms with E-state index in [2.05, 4.69) is 68.0 Å². The van der Waals surface area contributed by atoms with Crippen molar-refractivity contribution in [2.45, 2.75) is 86.2 Å². The van der Waals surface area contributed by atoms with E-state index in [0.29, 0.717) is 32.1 Å². The van der Waals surface area contributed by atoms with Crippen LogP contribution in [0.5, 0.6) is 5.75 Å². The smallest absolute Gasteiger partial charge is 0.488 e. The Balaban J connectivity index is 1.32. The molecule has 5 rings (SSSR count). The van der Waals surface area contributed by atoms with Gasteiger partial charge in [-0.3, -0.25) is 0 Å². The summed E-state index contributed by atoms with van der Waals surface area (Å²) in [6.07, 6.45) is 2.29. The summed E-state index contributed by atoms with van der Waals surface area (Å²) in [6, 6.07) is 12.6. The van der Waals surface area contributed by atoms with Crippen LogP contribution < -0.4 is 10.2 Å². The maximum absolute atomic E-state index is 12.7. The molecule has 1 fully saturated rings. The van der Waals surface area contributed by atoms with Gasteiger partial charge in [-0.15, -0.1) is 0 Å². The van der Waals surface area contributed by atoms with Crippen LogP contribution in [-0.2, 0) is 27.2 Å². The number of nitrogens with one attached hydrogen (secondary N) is 1. The molecule has 0 saturated carbocycles. The summed E-state index contributed by atoms with van der Waals surface area (Å²) < 4.78 is 24.3. The minimum Gasteiger partial charge on any atom is -0.488 e. The zero-order valence-electron chi connectivity index (χ0n) is 25.6. The molecule has 3 heterocycles. The lowest BCUT2D eigenvalue weighted by molar-refractivity contribution is -0.0937. The Hall–Kier alpha value is -3.30. The summed E-state index contributed by atoms with van der Waals surface area (Å²) in [5.41, 5.74) is 5.22. The molecule has 1 N–H and O–H groups in total. The first-order chi connectivity index (χ1) is 19.3. The number of benzene rings is 2. The van der Waals surface area contributed by atoms with E-state index in [1.165, 1.54) is 0 Å². The number of aromatic nitrogens is 2. The topological polar surface area (TPSA) is 85.9 Å². The molecule has 3 aromatic rings. The fourth-order valence-corrected chi connectivity index (χ4v) is 5.01. The number of nitrogens with zero attached hydrogens (tertiary/aromatic N) is 2. The predicted octanol–water partition coefficient (Wildman–Crippen LogP) is 6.33. The molecule has 0 spiro atoms. The van der Waals surface area contributed by atoms with Crippen molar-refractivity contribution in [1.29, 1.82) is 0 Å². The SMILES string of the molecule is CCCN(Cc1ncc(-c2ccc3c(c2)OCc2cc(B4OCC(C)(C)C(C)(C)O4)ccc2-3)[nH]1)C(=O)OC(C)(C)C. The third-order valence-electron chi connectivity index (χ3n) is 8.11. The molecular formula is C32H42BN3O5. The normalized spacial score (nSPS) is 17.3. The molecule has 41 heavy (non-hydrogen) atoms. The zero-order valence-corrected chi connectivity index (χ0v) is 25.6. The molecular weight excluding hydrogens is 517 g/mol. The Labute approximate surface area is 243 Å². The van der Waals surface area contributed by atoms with Crippen LogP contribution in [0.15, 0.2) is 42.6 Å². The van der Waals surface area contributed by atoms with Gasteiger partial charge in [-0.25, -0.2) is 9.78 Å². The molecule has 8 nitrogen and oxygen atoms in total. The van der Waals surface area contributed by atoms with Crippen LogP contribution in [0.25, 0.3) is 22.4 Å². The summed E-state index contributed by atoms with van der Waals surface area (Å²) in [5.74, 6) is 1.53. The molecule has 1 amide bonds. The largest absolute Gasteiger partial charge is 0.494 e. The predicted molar refractivity (Wildman–Crippen MR) is 161 cm³/mol. The number of carbonyl (C=O) groups is 1. The molecule has 0 unspecified atom stereocenters. The van der Waals surface area contributed by atoms with Crippen LogP contribution in [0.4, 0.5) is 4.79 Å². The van der Waals surface area contributed by atoms with Gasteiger partial charge in [0.05, 0.1) is 24.0 Å². The number of amides is 1. The maximum Gasteiger partial charge on any atom is 0.494 e. The van der Waals surface area contributed by atoms with Gasteiger partial charge in [0.2, 0.25) is 0 Å². The number of hydrogen-bond donors (Lipinski definition) is 1. The summed E-state index contributed by atoms with van der Waals surface area (Å²) >= 11 is 0. The quantitative estimate of drug-likeness (QED) is 0.356. The van der Waals surface area contributed by atoms with Crippen molar-refractivity contribution >= 4 is 18.7 Å². The van der Waals surface area contributed by atoms with Gasteiger partial charge in [-0.05, 0) is 69.8 Å². The molecule has 0 aliphatic carbocycles. The number of aromatic amines is 1. The fourth-order valence-electron chi connectivity index (χ4n) is 5.01. The van der Waals surface area contributed by atoms with Gasteiger partial charge in [0, 0.05) is 29.7 Å². The summed E-state index contributed by atoms with van der Waals surface area (Å²) in [4.78, 5) is 22.3. The van der Waals surface area contributed by atoms with Crippen molar-refractivity contribution in [3.05, 3.63) is 54.0 Å². The van der Waals surface area contributed by atoms with Crippen LogP contribution in [0, 0.1) is 5.41 Å². The Morgan fingerprint density at radius 3 is 2.59 bits per heavy atom. The molecule has 2 aromatic carbocycles. The van der Waals surface area contributed by atoms with Gasteiger partial charge in [0.1, 0.15) is 23.8 Å². The molecule has 218 valence electrons. The first-order valence-electron chi connectivity index (χ1n) is 14.5. The number of carbonyl (C=O) groups excluding carboxylic acids is 1. The lowest BCUT2D eigenvalue weighted by Crippen LogP contribution is -2.58. The van der Waals surface area contributed by atoms with Crippen LogP contribution >= 0.6 is 0 Å². The van der Waals surface area contributed by atoms with E-state index in [4.69, 9.17) is 18.8 Å². The Morgan fingerprint density at radius 1 is 1.12 bits per heavy atom. The second-order valence-electron chi connectivity index (χ2n) is 13.2. The maximum atomic E-state index is 12.7. The second-order valence-corrected chi connectivity index (χ2v) is 13.2. The monoisotopic (exact) mass is 559 g/mol. The molecule has 9 heteroatoms. The van der Waals surface area contributed by atoms with Crippen LogP contribution in [0.2, 0.25) is 0 Å². The van der Waals surface area contributed by atoms with E-state index in [0.717, 1.165) is 45.6 Å². The van der Waals surface area contributed by atoms with E-state index in [1.807, 2.05) is 33.8 Å². The lowest BCUT2D eigenvalue weighted by atomic mass is 9.68. The highest BCUT2D eigenvalue weighted by Crippen LogP contribution is 2.41. The average Bonchev–Trinajstić information content (AvgIpc) is 3.37. The van der Waals surface area contributed by atoms with Crippen molar-refractivity contribution in [3.63, 3.8) is 0 Å².